The van der Waals surface area contributed by atoms with Crippen LogP contribution in [0.2, 0.25) is 0 Å². The van der Waals surface area contributed by atoms with Crippen molar-refractivity contribution in [1.82, 2.24) is 0 Å². The van der Waals surface area contributed by atoms with E-state index in [1.165, 1.54) is 0 Å². The molecule has 2 aromatic carbocycles. The van der Waals surface area contributed by atoms with Gasteiger partial charge >= 0.3 is 0 Å². The highest BCUT2D eigenvalue weighted by Crippen LogP contribution is 2.39. The molecule has 0 radical (unpaired) electrons. The molecule has 2 aromatic rings. The van der Waals surface area contributed by atoms with Gasteiger partial charge in [-0.15, -0.1) is 0 Å². The molecule has 0 unspecified atom stereocenters. The third kappa shape index (κ3) is 1.83. The Kier molecular flexibility index (Phi) is 2.41. The minimum Gasteiger partial charge on any atom is -0.455 e. The summed E-state index contributed by atoms with van der Waals surface area (Å²) in [7, 11) is 0. The molecule has 0 spiro atoms. The van der Waals surface area contributed by atoms with Crippen molar-refractivity contribution in [3.8, 4) is 11.5 Å². The molecule has 2 N–H and O–H groups in total. The zero-order valence-electron chi connectivity index (χ0n) is 8.98. The van der Waals surface area contributed by atoms with Crippen LogP contribution in [0.4, 0.5) is 5.69 Å². The van der Waals surface area contributed by atoms with E-state index in [0.29, 0.717) is 0 Å². The van der Waals surface area contributed by atoms with Crippen LogP contribution in [0.25, 0.3) is 12.2 Å². The van der Waals surface area contributed by atoms with Crippen LogP contribution in [-0.4, -0.2) is 0 Å². The summed E-state index contributed by atoms with van der Waals surface area (Å²) in [5, 5.41) is 0. The maximum atomic E-state index is 5.92. The lowest BCUT2D eigenvalue weighted by Crippen LogP contribution is -1.90. The molecule has 0 bridgehead atoms. The van der Waals surface area contributed by atoms with Crippen LogP contribution >= 0.6 is 15.9 Å². The van der Waals surface area contributed by atoms with Crippen LogP contribution in [0.1, 0.15) is 11.1 Å². The van der Waals surface area contributed by atoms with Crippen LogP contribution in [-0.2, 0) is 0 Å². The first-order valence-corrected chi connectivity index (χ1v) is 6.07. The molecule has 17 heavy (non-hydrogen) atoms. The van der Waals surface area contributed by atoms with Crippen molar-refractivity contribution in [3.63, 3.8) is 0 Å². The number of hydrogen-bond acceptors (Lipinski definition) is 2. The summed E-state index contributed by atoms with van der Waals surface area (Å²) >= 11 is 3.50. The van der Waals surface area contributed by atoms with Gasteiger partial charge in [0, 0.05) is 16.8 Å². The molecule has 84 valence electrons. The number of nitrogen functional groups attached to an aromatic ring is 1. The largest absolute Gasteiger partial charge is 0.455 e. The number of halogens is 1. The van der Waals surface area contributed by atoms with E-state index in [2.05, 4.69) is 15.9 Å². The van der Waals surface area contributed by atoms with Crippen LogP contribution in [0, 0.1) is 0 Å². The zero-order chi connectivity index (χ0) is 11.8. The summed E-state index contributed by atoms with van der Waals surface area (Å²) in [5.41, 5.74) is 8.55. The maximum absolute atomic E-state index is 5.92. The highest BCUT2D eigenvalue weighted by Gasteiger charge is 2.13. The van der Waals surface area contributed by atoms with Gasteiger partial charge in [-0.3, -0.25) is 0 Å². The Balaban J connectivity index is 2.20. The second-order valence-corrected chi connectivity index (χ2v) is 4.75. The predicted molar refractivity (Wildman–Crippen MR) is 74.0 cm³/mol. The molecular weight excluding hydrogens is 278 g/mol. The first kappa shape index (κ1) is 10.4. The van der Waals surface area contributed by atoms with Gasteiger partial charge in [0.15, 0.2) is 0 Å². The average molecular weight is 288 g/mol. The van der Waals surface area contributed by atoms with Gasteiger partial charge in [-0.2, -0.15) is 0 Å². The van der Waals surface area contributed by atoms with Gasteiger partial charge in [0.2, 0.25) is 0 Å². The summed E-state index contributed by atoms with van der Waals surface area (Å²) in [5.74, 6) is 1.66. The molecule has 3 rings (SSSR count). The number of anilines is 1. The fraction of sp³-hybridized carbons (Fsp3) is 0. The summed E-state index contributed by atoms with van der Waals surface area (Å²) < 4.78 is 6.87. The van der Waals surface area contributed by atoms with E-state index in [1.807, 2.05) is 48.6 Å². The topological polar surface area (TPSA) is 35.2 Å². The lowest BCUT2D eigenvalue weighted by Gasteiger charge is -2.10. The van der Waals surface area contributed by atoms with E-state index in [4.69, 9.17) is 10.5 Å². The predicted octanol–water partition coefficient (Wildman–Crippen LogP) is 4.31. The van der Waals surface area contributed by atoms with E-state index in [9.17, 15) is 0 Å². The molecule has 2 nitrogen and oxygen atoms in total. The fourth-order valence-electron chi connectivity index (χ4n) is 1.84. The first-order valence-electron chi connectivity index (χ1n) is 5.28. The summed E-state index contributed by atoms with van der Waals surface area (Å²) in [4.78, 5) is 0. The van der Waals surface area contributed by atoms with E-state index in [-0.39, 0.29) is 0 Å². The van der Waals surface area contributed by atoms with Crippen LogP contribution in [0.15, 0.2) is 40.9 Å². The Morgan fingerprint density at radius 1 is 1.00 bits per heavy atom. The number of ether oxygens (including phenoxy) is 1. The summed E-state index contributed by atoms with van der Waals surface area (Å²) in [6.45, 7) is 0. The van der Waals surface area contributed by atoms with Gasteiger partial charge in [-0.25, -0.2) is 0 Å². The first-order chi connectivity index (χ1) is 8.24. The SMILES string of the molecule is Nc1ccc2c(c1)C=Cc1cccc(Br)c1O2. The smallest absolute Gasteiger partial charge is 0.148 e. The average Bonchev–Trinajstić information content (AvgIpc) is 2.49. The second kappa shape index (κ2) is 3.93. The molecule has 0 amide bonds. The van der Waals surface area contributed by atoms with Gasteiger partial charge < -0.3 is 10.5 Å². The third-order valence-corrected chi connectivity index (χ3v) is 3.31. The van der Waals surface area contributed by atoms with E-state index in [0.717, 1.165) is 32.8 Å². The van der Waals surface area contributed by atoms with Crippen LogP contribution < -0.4 is 10.5 Å². The van der Waals surface area contributed by atoms with Crippen molar-refractivity contribution in [1.29, 1.82) is 0 Å². The molecule has 0 aliphatic carbocycles. The number of fused-ring (bicyclic) bond motifs is 2. The third-order valence-electron chi connectivity index (χ3n) is 2.69. The lowest BCUT2D eigenvalue weighted by atomic mass is 10.1. The molecule has 1 aliphatic rings. The van der Waals surface area contributed by atoms with Crippen LogP contribution in [0.5, 0.6) is 11.5 Å². The van der Waals surface area contributed by atoms with Gasteiger partial charge in [0.25, 0.3) is 0 Å². The molecule has 0 atom stereocenters. The monoisotopic (exact) mass is 287 g/mol. The van der Waals surface area contributed by atoms with Gasteiger partial charge in [-0.05, 0) is 40.2 Å². The van der Waals surface area contributed by atoms with Crippen molar-refractivity contribution >= 4 is 33.8 Å². The molecular formula is C14H10BrNO. The van der Waals surface area contributed by atoms with E-state index >= 15 is 0 Å². The minimum absolute atomic E-state index is 0.738. The van der Waals surface area contributed by atoms with Crippen molar-refractivity contribution < 1.29 is 4.74 Å². The van der Waals surface area contributed by atoms with E-state index < -0.39 is 0 Å². The van der Waals surface area contributed by atoms with Gasteiger partial charge in [-0.1, -0.05) is 24.3 Å². The molecule has 1 heterocycles. The Morgan fingerprint density at radius 2 is 1.82 bits per heavy atom. The molecule has 0 fully saturated rings. The molecule has 0 saturated heterocycles. The summed E-state index contributed by atoms with van der Waals surface area (Å²) in [6.07, 6.45) is 4.05. The quantitative estimate of drug-likeness (QED) is 0.626. The summed E-state index contributed by atoms with van der Waals surface area (Å²) in [6, 6.07) is 11.6. The molecule has 3 heteroatoms. The Bertz CT molecular complexity index is 620. The molecule has 0 saturated carbocycles. The normalized spacial score (nSPS) is 12.3. The number of benzene rings is 2. The minimum atomic E-state index is 0.738. The molecule has 1 aliphatic heterocycles. The number of hydrogen-bond donors (Lipinski definition) is 1. The Labute approximate surface area is 108 Å². The van der Waals surface area contributed by atoms with Crippen molar-refractivity contribution in [2.45, 2.75) is 0 Å². The standard InChI is InChI=1S/C14H10BrNO/c15-12-3-1-2-9-4-5-10-8-11(16)6-7-13(10)17-14(9)12/h1-8H,16H2. The molecule has 0 aromatic heterocycles. The van der Waals surface area contributed by atoms with E-state index in [1.54, 1.807) is 0 Å². The second-order valence-electron chi connectivity index (χ2n) is 3.89. The highest BCUT2D eigenvalue weighted by molar-refractivity contribution is 9.10. The Hall–Kier alpha value is -1.74. The number of rotatable bonds is 0. The van der Waals surface area contributed by atoms with Crippen molar-refractivity contribution in [2.24, 2.45) is 0 Å². The van der Waals surface area contributed by atoms with Crippen molar-refractivity contribution in [3.05, 3.63) is 52.0 Å². The Morgan fingerprint density at radius 3 is 2.71 bits per heavy atom. The number of para-hydroxylation sites is 1. The van der Waals surface area contributed by atoms with Gasteiger partial charge in [0.1, 0.15) is 11.5 Å². The number of nitrogens with two attached hydrogens (primary N) is 1. The maximum Gasteiger partial charge on any atom is 0.148 e. The van der Waals surface area contributed by atoms with Gasteiger partial charge in [0.05, 0.1) is 4.47 Å². The highest BCUT2D eigenvalue weighted by atomic mass is 79.9. The fourth-order valence-corrected chi connectivity index (χ4v) is 2.31. The zero-order valence-corrected chi connectivity index (χ0v) is 10.6. The van der Waals surface area contributed by atoms with Crippen molar-refractivity contribution in [2.75, 3.05) is 5.73 Å². The van der Waals surface area contributed by atoms with Crippen LogP contribution in [0.3, 0.4) is 0 Å². The lowest BCUT2D eigenvalue weighted by molar-refractivity contribution is 0.478.